The van der Waals surface area contributed by atoms with Crippen LogP contribution >= 0.6 is 0 Å². The lowest BCUT2D eigenvalue weighted by Crippen LogP contribution is -2.54. The maximum atomic E-state index is 13.3. The van der Waals surface area contributed by atoms with Crippen LogP contribution in [0.2, 0.25) is 0 Å². The number of hydrogen-bond donors (Lipinski definition) is 2. The summed E-state index contributed by atoms with van der Waals surface area (Å²) in [5.41, 5.74) is 2.46. The largest absolute Gasteiger partial charge is 0.350 e. The van der Waals surface area contributed by atoms with E-state index in [0.717, 1.165) is 44.9 Å². The smallest absolute Gasteiger partial charge is 0.245 e. The molecule has 0 saturated carbocycles. The Kier molecular flexibility index (Phi) is 11.9. The van der Waals surface area contributed by atoms with Crippen molar-refractivity contribution in [1.29, 1.82) is 0 Å². The number of hydroxylamine groups is 1. The summed E-state index contributed by atoms with van der Waals surface area (Å²) in [5.74, 6) is -1.25. The molecular weight excluding hydrogens is 422 g/mol. The third-order valence-electron chi connectivity index (χ3n) is 6.24. The molecule has 0 radical (unpaired) electrons. The number of nitrogens with one attached hydrogen (secondary N) is 2. The fourth-order valence-electron chi connectivity index (χ4n) is 4.21. The second-order valence-electron chi connectivity index (χ2n) is 9.74. The zero-order chi connectivity index (χ0) is 24.2. The fourth-order valence-corrected chi connectivity index (χ4v) is 4.21. The van der Waals surface area contributed by atoms with Crippen LogP contribution in [0.3, 0.4) is 0 Å². The number of allylic oxidation sites excluding steroid dienone is 2. The molecule has 2 heterocycles. The van der Waals surface area contributed by atoms with Gasteiger partial charge < -0.3 is 15.0 Å². The molecule has 0 aromatic heterocycles. The summed E-state index contributed by atoms with van der Waals surface area (Å²) < 4.78 is 5.47. The molecule has 2 aliphatic heterocycles. The van der Waals surface area contributed by atoms with Gasteiger partial charge in [-0.25, -0.2) is 10.3 Å². The van der Waals surface area contributed by atoms with E-state index >= 15 is 0 Å². The monoisotopic (exact) mass is 465 g/mol. The Balaban J connectivity index is 2.08. The summed E-state index contributed by atoms with van der Waals surface area (Å²) in [6.07, 6.45) is 10.6. The van der Waals surface area contributed by atoms with Crippen molar-refractivity contribution in [3.8, 4) is 0 Å². The quantitative estimate of drug-likeness (QED) is 0.462. The first-order valence-electron chi connectivity index (χ1n) is 12.6. The molecule has 2 rings (SSSR count). The highest BCUT2D eigenvalue weighted by Gasteiger charge is 2.32. The molecule has 3 atom stereocenters. The minimum Gasteiger partial charge on any atom is -0.350 e. The Hall–Kier alpha value is -1.93. The molecule has 33 heavy (non-hydrogen) atoms. The van der Waals surface area contributed by atoms with E-state index in [0.29, 0.717) is 19.6 Å². The van der Waals surface area contributed by atoms with Gasteiger partial charge in [0.1, 0.15) is 6.04 Å². The lowest BCUT2D eigenvalue weighted by Gasteiger charge is -2.33. The Morgan fingerprint density at radius 2 is 1.85 bits per heavy atom. The molecule has 2 N–H and O–H groups in total. The average molecular weight is 466 g/mol. The molecule has 0 aromatic carbocycles. The highest BCUT2D eigenvalue weighted by atomic mass is 16.8. The van der Waals surface area contributed by atoms with E-state index in [1.54, 1.807) is 0 Å². The van der Waals surface area contributed by atoms with Crippen molar-refractivity contribution in [3.63, 3.8) is 0 Å². The maximum absolute atomic E-state index is 13.3. The van der Waals surface area contributed by atoms with Crippen molar-refractivity contribution in [2.45, 2.75) is 104 Å². The topological polar surface area (TPSA) is 97.0 Å². The van der Waals surface area contributed by atoms with Gasteiger partial charge in [0.05, 0.1) is 0 Å². The second kappa shape index (κ2) is 14.4. The summed E-state index contributed by atoms with van der Waals surface area (Å²) >= 11 is 0. The molecule has 8 nitrogen and oxygen atoms in total. The van der Waals surface area contributed by atoms with Crippen LogP contribution in [0.1, 0.15) is 85.5 Å². The van der Waals surface area contributed by atoms with E-state index in [4.69, 9.17) is 9.57 Å². The molecular formula is C25H43N3O5. The number of amides is 3. The van der Waals surface area contributed by atoms with Crippen molar-refractivity contribution >= 4 is 17.7 Å². The second-order valence-corrected chi connectivity index (χ2v) is 9.74. The molecule has 0 spiro atoms. The van der Waals surface area contributed by atoms with Gasteiger partial charge in [0.15, 0.2) is 6.29 Å². The fraction of sp³-hybridized carbons (Fsp3) is 0.800. The molecule has 8 heteroatoms. The Morgan fingerprint density at radius 1 is 1.12 bits per heavy atom. The maximum Gasteiger partial charge on any atom is 0.245 e. The van der Waals surface area contributed by atoms with E-state index < -0.39 is 18.2 Å². The van der Waals surface area contributed by atoms with Crippen LogP contribution in [-0.2, 0) is 24.0 Å². The summed E-state index contributed by atoms with van der Waals surface area (Å²) in [6, 6.07) is -0.566. The van der Waals surface area contributed by atoms with Gasteiger partial charge in [-0.1, -0.05) is 26.0 Å². The van der Waals surface area contributed by atoms with Gasteiger partial charge in [0, 0.05) is 38.0 Å². The standard InChI is InChI=1S/C25H43N3O5/c1-18(2)23-25(31)28(19(3)4)15-11-8-6-5-7-9-13-20(24(30)26-23)17-21(29)27-33-22-14-10-12-16-32-22/h5-6,18-20,22-23H,7-17H2,1-4H3,(H,26,30)(H,27,29)/t20?,22-,23?/m0/s1. The van der Waals surface area contributed by atoms with Gasteiger partial charge in [0.25, 0.3) is 0 Å². The van der Waals surface area contributed by atoms with Crippen molar-refractivity contribution in [2.75, 3.05) is 13.2 Å². The van der Waals surface area contributed by atoms with Crippen LogP contribution in [0.5, 0.6) is 0 Å². The van der Waals surface area contributed by atoms with E-state index in [2.05, 4.69) is 22.9 Å². The molecule has 3 amide bonds. The highest BCUT2D eigenvalue weighted by Crippen LogP contribution is 2.18. The van der Waals surface area contributed by atoms with Crippen LogP contribution in [0, 0.1) is 11.8 Å². The summed E-state index contributed by atoms with van der Waals surface area (Å²) in [4.78, 5) is 46.3. The molecule has 2 aliphatic rings. The Labute approximate surface area is 198 Å². The van der Waals surface area contributed by atoms with E-state index in [9.17, 15) is 14.4 Å². The van der Waals surface area contributed by atoms with Gasteiger partial charge in [0.2, 0.25) is 17.7 Å². The summed E-state index contributed by atoms with van der Waals surface area (Å²) in [6.45, 7) is 9.15. The summed E-state index contributed by atoms with van der Waals surface area (Å²) in [5, 5.41) is 2.97. The normalized spacial score (nSPS) is 26.2. The van der Waals surface area contributed by atoms with E-state index in [1.807, 2.05) is 32.6 Å². The third-order valence-corrected chi connectivity index (χ3v) is 6.24. The molecule has 188 valence electrons. The highest BCUT2D eigenvalue weighted by molar-refractivity contribution is 5.90. The van der Waals surface area contributed by atoms with Crippen LogP contribution in [0.4, 0.5) is 0 Å². The number of carbonyl (C=O) groups excluding carboxylic acids is 3. The van der Waals surface area contributed by atoms with Gasteiger partial charge in [-0.3, -0.25) is 14.4 Å². The minimum atomic E-state index is -0.615. The zero-order valence-corrected chi connectivity index (χ0v) is 20.8. The predicted octanol–water partition coefficient (Wildman–Crippen LogP) is 3.47. The van der Waals surface area contributed by atoms with Gasteiger partial charge in [-0.05, 0) is 64.7 Å². The molecule has 2 unspecified atom stereocenters. The lowest BCUT2D eigenvalue weighted by molar-refractivity contribution is -0.200. The SMILES string of the molecule is CC(C)C1NC(=O)C(CC(=O)NO[C@H]2CCCCO2)CCCC=CCCCN(C(C)C)C1=O. The zero-order valence-electron chi connectivity index (χ0n) is 20.8. The number of nitrogens with zero attached hydrogens (tertiary/aromatic N) is 1. The molecule has 1 fully saturated rings. The third kappa shape index (κ3) is 9.45. The van der Waals surface area contributed by atoms with Crippen LogP contribution in [-0.4, -0.2) is 54.1 Å². The number of hydrogen-bond acceptors (Lipinski definition) is 5. The van der Waals surface area contributed by atoms with Crippen molar-refractivity contribution in [1.82, 2.24) is 15.7 Å². The van der Waals surface area contributed by atoms with Gasteiger partial charge in [-0.2, -0.15) is 0 Å². The molecule has 1 saturated heterocycles. The number of carbonyl (C=O) groups is 3. The number of rotatable bonds is 6. The Morgan fingerprint density at radius 3 is 2.48 bits per heavy atom. The van der Waals surface area contributed by atoms with Crippen LogP contribution in [0.15, 0.2) is 12.2 Å². The van der Waals surface area contributed by atoms with Crippen molar-refractivity contribution in [3.05, 3.63) is 12.2 Å². The molecule has 0 aromatic rings. The van der Waals surface area contributed by atoms with Crippen molar-refractivity contribution < 1.29 is 24.0 Å². The predicted molar refractivity (Wildman–Crippen MR) is 127 cm³/mol. The van der Waals surface area contributed by atoms with Gasteiger partial charge >= 0.3 is 0 Å². The Bertz CT molecular complexity index is 658. The van der Waals surface area contributed by atoms with E-state index in [1.165, 1.54) is 0 Å². The van der Waals surface area contributed by atoms with E-state index in [-0.39, 0.29) is 36.1 Å². The van der Waals surface area contributed by atoms with Crippen molar-refractivity contribution in [2.24, 2.45) is 11.8 Å². The summed E-state index contributed by atoms with van der Waals surface area (Å²) in [7, 11) is 0. The molecule has 0 bridgehead atoms. The first-order valence-corrected chi connectivity index (χ1v) is 12.6. The first kappa shape index (κ1) is 27.3. The number of ether oxygens (including phenoxy) is 1. The lowest BCUT2D eigenvalue weighted by atomic mass is 9.94. The average Bonchev–Trinajstić information content (AvgIpc) is 2.78. The molecule has 0 aliphatic carbocycles. The first-order chi connectivity index (χ1) is 15.8. The van der Waals surface area contributed by atoms with Gasteiger partial charge in [-0.15, -0.1) is 0 Å². The van der Waals surface area contributed by atoms with Crippen LogP contribution in [0.25, 0.3) is 0 Å². The van der Waals surface area contributed by atoms with Crippen LogP contribution < -0.4 is 10.8 Å². The minimum absolute atomic E-state index is 0.00910.